The Morgan fingerprint density at radius 3 is 2.74 bits per heavy atom. The topological polar surface area (TPSA) is 35.5 Å². The lowest BCUT2D eigenvalue weighted by Crippen LogP contribution is -2.46. The van der Waals surface area contributed by atoms with Crippen LogP contribution in [0.25, 0.3) is 0 Å². The minimum atomic E-state index is -0.246. The third-order valence-corrected chi connectivity index (χ3v) is 4.76. The maximum absolute atomic E-state index is 10.1. The number of β-amino-alcohol motifs (C(OH)–C–C–N with tert-alkyl or cyclic N) is 1. The highest BCUT2D eigenvalue weighted by atomic mass is 32.2. The Morgan fingerprint density at radius 2 is 2.05 bits per heavy atom. The first-order valence-corrected chi connectivity index (χ1v) is 7.95. The highest BCUT2D eigenvalue weighted by Crippen LogP contribution is 2.23. The minimum absolute atomic E-state index is 0.246. The van der Waals surface area contributed by atoms with Crippen LogP contribution in [0.4, 0.5) is 0 Å². The van der Waals surface area contributed by atoms with E-state index < -0.39 is 0 Å². The van der Waals surface area contributed by atoms with Crippen LogP contribution in [0.15, 0.2) is 23.1 Å². The molecular formula is C15H24N2OS. The summed E-state index contributed by atoms with van der Waals surface area (Å²) in [7, 11) is 0. The molecule has 3 nitrogen and oxygen atoms in total. The van der Waals surface area contributed by atoms with Gasteiger partial charge in [-0.25, -0.2) is 0 Å². The predicted molar refractivity (Wildman–Crippen MR) is 82.0 cm³/mol. The van der Waals surface area contributed by atoms with Gasteiger partial charge in [-0.1, -0.05) is 17.7 Å². The molecule has 1 atom stereocenters. The number of nitrogens with one attached hydrogen (secondary N) is 1. The molecule has 1 aromatic rings. The van der Waals surface area contributed by atoms with Crippen LogP contribution >= 0.6 is 11.8 Å². The van der Waals surface area contributed by atoms with Gasteiger partial charge >= 0.3 is 0 Å². The molecular weight excluding hydrogens is 256 g/mol. The van der Waals surface area contributed by atoms with Gasteiger partial charge in [0.25, 0.3) is 0 Å². The van der Waals surface area contributed by atoms with Crippen molar-refractivity contribution in [2.45, 2.75) is 24.8 Å². The van der Waals surface area contributed by atoms with Crippen molar-refractivity contribution < 1.29 is 5.11 Å². The molecule has 0 spiro atoms. The standard InChI is InChI=1S/C15H24N2OS/c1-12-3-4-15(13(2)9-12)19-11-14(18)10-17-7-5-16-6-8-17/h3-4,9,14,16,18H,5-8,10-11H2,1-2H3. The van der Waals surface area contributed by atoms with Crippen molar-refractivity contribution in [2.24, 2.45) is 0 Å². The van der Waals surface area contributed by atoms with Crippen LogP contribution in [-0.2, 0) is 0 Å². The second kappa shape index (κ2) is 7.29. The molecule has 2 N–H and O–H groups in total. The van der Waals surface area contributed by atoms with Gasteiger partial charge < -0.3 is 10.4 Å². The minimum Gasteiger partial charge on any atom is -0.391 e. The van der Waals surface area contributed by atoms with Gasteiger partial charge in [-0.05, 0) is 25.5 Å². The van der Waals surface area contributed by atoms with Crippen LogP contribution in [0.2, 0.25) is 0 Å². The zero-order chi connectivity index (χ0) is 13.7. The molecule has 1 fully saturated rings. The molecule has 2 rings (SSSR count). The summed E-state index contributed by atoms with van der Waals surface area (Å²) in [6.07, 6.45) is -0.246. The molecule has 1 aliphatic rings. The van der Waals surface area contributed by atoms with Crippen LogP contribution in [0.1, 0.15) is 11.1 Å². The number of hydrogen-bond acceptors (Lipinski definition) is 4. The molecule has 1 heterocycles. The zero-order valence-corrected chi connectivity index (χ0v) is 12.7. The molecule has 0 radical (unpaired) electrons. The first-order valence-electron chi connectivity index (χ1n) is 6.96. The Balaban J connectivity index is 1.77. The molecule has 1 unspecified atom stereocenters. The van der Waals surface area contributed by atoms with E-state index in [-0.39, 0.29) is 6.10 Å². The van der Waals surface area contributed by atoms with Crippen molar-refractivity contribution in [3.63, 3.8) is 0 Å². The molecule has 19 heavy (non-hydrogen) atoms. The summed E-state index contributed by atoms with van der Waals surface area (Å²) in [4.78, 5) is 3.62. The first-order chi connectivity index (χ1) is 9.15. The van der Waals surface area contributed by atoms with E-state index in [1.165, 1.54) is 16.0 Å². The summed E-state index contributed by atoms with van der Waals surface area (Å²) >= 11 is 1.76. The smallest absolute Gasteiger partial charge is 0.0760 e. The highest BCUT2D eigenvalue weighted by Gasteiger charge is 2.14. The fourth-order valence-corrected chi connectivity index (χ4v) is 3.32. The summed E-state index contributed by atoms with van der Waals surface area (Å²) < 4.78 is 0. The van der Waals surface area contributed by atoms with Crippen molar-refractivity contribution in [3.8, 4) is 0 Å². The molecule has 4 heteroatoms. The number of thioether (sulfide) groups is 1. The molecule has 1 aromatic carbocycles. The lowest BCUT2D eigenvalue weighted by molar-refractivity contribution is 0.121. The van der Waals surface area contributed by atoms with Crippen molar-refractivity contribution >= 4 is 11.8 Å². The Morgan fingerprint density at radius 1 is 1.32 bits per heavy atom. The Labute approximate surface area is 120 Å². The molecule has 106 valence electrons. The van der Waals surface area contributed by atoms with Crippen molar-refractivity contribution in [3.05, 3.63) is 29.3 Å². The Kier molecular flexibility index (Phi) is 5.70. The lowest BCUT2D eigenvalue weighted by atomic mass is 10.2. The van der Waals surface area contributed by atoms with E-state index in [1.807, 2.05) is 0 Å². The average Bonchev–Trinajstić information content (AvgIpc) is 2.39. The first kappa shape index (κ1) is 14.9. The van der Waals surface area contributed by atoms with Gasteiger partial charge in [0.1, 0.15) is 0 Å². The van der Waals surface area contributed by atoms with Crippen molar-refractivity contribution in [2.75, 3.05) is 38.5 Å². The number of aliphatic hydroxyl groups is 1. The largest absolute Gasteiger partial charge is 0.391 e. The third-order valence-electron chi connectivity index (χ3n) is 3.44. The molecule has 0 saturated carbocycles. The molecule has 1 aliphatic heterocycles. The Bertz CT molecular complexity index is 405. The summed E-state index contributed by atoms with van der Waals surface area (Å²) in [5.41, 5.74) is 2.60. The lowest BCUT2D eigenvalue weighted by Gasteiger charge is -2.29. The SMILES string of the molecule is Cc1ccc(SCC(O)CN2CCNCC2)c(C)c1. The van der Waals surface area contributed by atoms with Gasteiger partial charge in [0.15, 0.2) is 0 Å². The van der Waals surface area contributed by atoms with Crippen LogP contribution in [0.5, 0.6) is 0 Å². The monoisotopic (exact) mass is 280 g/mol. The van der Waals surface area contributed by atoms with E-state index in [9.17, 15) is 5.11 Å². The van der Waals surface area contributed by atoms with E-state index in [2.05, 4.69) is 42.3 Å². The average molecular weight is 280 g/mol. The van der Waals surface area contributed by atoms with E-state index in [0.29, 0.717) is 0 Å². The highest BCUT2D eigenvalue weighted by molar-refractivity contribution is 7.99. The quantitative estimate of drug-likeness (QED) is 0.804. The van der Waals surface area contributed by atoms with E-state index in [1.54, 1.807) is 11.8 Å². The number of aliphatic hydroxyl groups excluding tert-OH is 1. The maximum Gasteiger partial charge on any atom is 0.0760 e. The summed E-state index contributed by atoms with van der Waals surface area (Å²) in [6.45, 7) is 9.21. The molecule has 0 aliphatic carbocycles. The number of nitrogens with zero attached hydrogens (tertiary/aromatic N) is 1. The molecule has 0 amide bonds. The normalized spacial score (nSPS) is 18.5. The summed E-state index contributed by atoms with van der Waals surface area (Å²) in [5.74, 6) is 0.772. The van der Waals surface area contributed by atoms with Crippen LogP contribution in [0.3, 0.4) is 0 Å². The summed E-state index contributed by atoms with van der Waals surface area (Å²) in [6, 6.07) is 6.50. The van der Waals surface area contributed by atoms with Gasteiger partial charge in [-0.15, -0.1) is 11.8 Å². The van der Waals surface area contributed by atoms with Crippen LogP contribution in [0, 0.1) is 13.8 Å². The molecule has 0 bridgehead atoms. The van der Waals surface area contributed by atoms with E-state index in [4.69, 9.17) is 0 Å². The summed E-state index contributed by atoms with van der Waals surface area (Å²) in [5, 5.41) is 13.5. The fourth-order valence-electron chi connectivity index (χ4n) is 2.39. The van der Waals surface area contributed by atoms with Gasteiger partial charge in [-0.3, -0.25) is 4.90 Å². The third kappa shape index (κ3) is 4.80. The van der Waals surface area contributed by atoms with E-state index in [0.717, 1.165) is 38.5 Å². The number of benzene rings is 1. The number of aryl methyl sites for hydroxylation is 2. The van der Waals surface area contributed by atoms with Crippen LogP contribution in [-0.4, -0.2) is 54.6 Å². The van der Waals surface area contributed by atoms with Crippen molar-refractivity contribution in [1.82, 2.24) is 10.2 Å². The van der Waals surface area contributed by atoms with Gasteiger partial charge in [0.05, 0.1) is 6.10 Å². The second-order valence-electron chi connectivity index (χ2n) is 5.28. The predicted octanol–water partition coefficient (Wildman–Crippen LogP) is 1.66. The number of piperazine rings is 1. The molecule has 1 saturated heterocycles. The zero-order valence-electron chi connectivity index (χ0n) is 11.9. The fraction of sp³-hybridized carbons (Fsp3) is 0.600. The van der Waals surface area contributed by atoms with Crippen LogP contribution < -0.4 is 5.32 Å². The van der Waals surface area contributed by atoms with E-state index >= 15 is 0 Å². The number of rotatable bonds is 5. The number of hydrogen-bond donors (Lipinski definition) is 2. The second-order valence-corrected chi connectivity index (χ2v) is 6.35. The Hall–Kier alpha value is -0.550. The van der Waals surface area contributed by atoms with Gasteiger partial charge in [0, 0.05) is 43.4 Å². The molecule has 0 aromatic heterocycles. The maximum atomic E-state index is 10.1. The van der Waals surface area contributed by atoms with Gasteiger partial charge in [0.2, 0.25) is 0 Å². The van der Waals surface area contributed by atoms with Crippen molar-refractivity contribution in [1.29, 1.82) is 0 Å². The van der Waals surface area contributed by atoms with Gasteiger partial charge in [-0.2, -0.15) is 0 Å².